The van der Waals surface area contributed by atoms with Crippen LogP contribution >= 0.6 is 11.8 Å². The molecule has 0 spiro atoms. The van der Waals surface area contributed by atoms with E-state index in [0.717, 1.165) is 22.6 Å². The number of ether oxygens (including phenoxy) is 1. The van der Waals surface area contributed by atoms with E-state index in [2.05, 4.69) is 32.1 Å². The lowest BCUT2D eigenvalue weighted by atomic mass is 10.1. The van der Waals surface area contributed by atoms with Crippen LogP contribution in [0.1, 0.15) is 17.6 Å². The van der Waals surface area contributed by atoms with Crippen molar-refractivity contribution in [2.45, 2.75) is 18.3 Å². The normalized spacial score (nSPS) is 15.0. The minimum atomic E-state index is -0.466. The van der Waals surface area contributed by atoms with Gasteiger partial charge >= 0.3 is 0 Å². The van der Waals surface area contributed by atoms with E-state index in [9.17, 15) is 0 Å². The molecule has 6 nitrogen and oxygen atoms in total. The van der Waals surface area contributed by atoms with E-state index in [1.807, 2.05) is 49.4 Å². The highest BCUT2D eigenvalue weighted by Crippen LogP contribution is 2.39. The SMILES string of the molecule is C=CCSc1nnc2c(n1)O[C@@H](c1cccc(C)n1)Nc1ccccc1-2. The highest BCUT2D eigenvalue weighted by Gasteiger charge is 2.26. The Hall–Kier alpha value is -2.93. The molecule has 7 heteroatoms. The van der Waals surface area contributed by atoms with E-state index in [1.54, 1.807) is 6.08 Å². The molecular formula is C19H17N5OS. The number of fused-ring (bicyclic) bond motifs is 3. The van der Waals surface area contributed by atoms with Crippen LogP contribution in [-0.2, 0) is 0 Å². The number of benzene rings is 1. The molecule has 0 bridgehead atoms. The number of pyridine rings is 1. The van der Waals surface area contributed by atoms with Crippen LogP contribution in [0.15, 0.2) is 60.3 Å². The number of hydrogen-bond donors (Lipinski definition) is 1. The first-order valence-electron chi connectivity index (χ1n) is 8.19. The minimum absolute atomic E-state index is 0.442. The van der Waals surface area contributed by atoms with Gasteiger partial charge in [-0.25, -0.2) is 0 Å². The molecule has 130 valence electrons. The van der Waals surface area contributed by atoms with Crippen LogP contribution in [-0.4, -0.2) is 25.9 Å². The summed E-state index contributed by atoms with van der Waals surface area (Å²) in [5, 5.41) is 12.5. The third kappa shape index (κ3) is 3.25. The molecule has 0 fully saturated rings. The Morgan fingerprint density at radius 2 is 2.04 bits per heavy atom. The van der Waals surface area contributed by atoms with E-state index in [0.29, 0.717) is 22.5 Å². The van der Waals surface area contributed by atoms with Gasteiger partial charge in [0.15, 0.2) is 5.69 Å². The molecule has 3 aromatic rings. The molecular weight excluding hydrogens is 346 g/mol. The topological polar surface area (TPSA) is 72.8 Å². The first-order chi connectivity index (χ1) is 12.7. The van der Waals surface area contributed by atoms with Crippen LogP contribution in [0.3, 0.4) is 0 Å². The lowest BCUT2D eigenvalue weighted by Crippen LogP contribution is -2.18. The summed E-state index contributed by atoms with van der Waals surface area (Å²) in [6.07, 6.45) is 1.34. The van der Waals surface area contributed by atoms with E-state index in [-0.39, 0.29) is 0 Å². The summed E-state index contributed by atoms with van der Waals surface area (Å²) in [4.78, 5) is 9.15. The van der Waals surface area contributed by atoms with E-state index >= 15 is 0 Å². The quantitative estimate of drug-likeness (QED) is 0.554. The van der Waals surface area contributed by atoms with Crippen molar-refractivity contribution in [3.8, 4) is 17.1 Å². The summed E-state index contributed by atoms with van der Waals surface area (Å²) < 4.78 is 6.17. The summed E-state index contributed by atoms with van der Waals surface area (Å²) in [5.74, 6) is 1.15. The van der Waals surface area contributed by atoms with Crippen molar-refractivity contribution in [3.63, 3.8) is 0 Å². The highest BCUT2D eigenvalue weighted by atomic mass is 32.2. The Kier molecular flexibility index (Phi) is 4.53. The molecule has 2 aromatic heterocycles. The molecule has 1 atom stereocenters. The van der Waals surface area contributed by atoms with Gasteiger partial charge in [-0.05, 0) is 25.1 Å². The number of nitrogens with one attached hydrogen (secondary N) is 1. The van der Waals surface area contributed by atoms with Gasteiger partial charge in [0, 0.05) is 22.7 Å². The molecule has 1 N–H and O–H groups in total. The van der Waals surface area contributed by atoms with Crippen LogP contribution in [0.4, 0.5) is 5.69 Å². The van der Waals surface area contributed by atoms with Gasteiger partial charge in [0.1, 0.15) is 5.69 Å². The maximum Gasteiger partial charge on any atom is 0.247 e. The Balaban J connectivity index is 1.80. The number of aromatic nitrogens is 4. The van der Waals surface area contributed by atoms with Crippen molar-refractivity contribution in [2.75, 3.05) is 11.1 Å². The summed E-state index contributed by atoms with van der Waals surface area (Å²) in [6, 6.07) is 13.7. The van der Waals surface area contributed by atoms with Crippen LogP contribution in [0.25, 0.3) is 11.3 Å². The fraction of sp³-hybridized carbons (Fsp3) is 0.158. The van der Waals surface area contributed by atoms with Gasteiger partial charge in [-0.2, -0.15) is 4.98 Å². The standard InChI is InChI=1S/C19H17N5OS/c1-3-11-26-19-22-18-16(23-24-19)13-8-4-5-9-14(13)21-17(25-18)15-10-6-7-12(2)20-15/h3-10,17,21H,1,11H2,2H3/t17-/m0/s1. The fourth-order valence-electron chi connectivity index (χ4n) is 2.69. The lowest BCUT2D eigenvalue weighted by Gasteiger charge is -2.18. The van der Waals surface area contributed by atoms with E-state index in [1.165, 1.54) is 11.8 Å². The largest absolute Gasteiger partial charge is 0.446 e. The van der Waals surface area contributed by atoms with Gasteiger partial charge in [-0.3, -0.25) is 4.98 Å². The van der Waals surface area contributed by atoms with Crippen molar-refractivity contribution >= 4 is 17.4 Å². The third-order valence-electron chi connectivity index (χ3n) is 3.84. The van der Waals surface area contributed by atoms with Gasteiger partial charge in [0.2, 0.25) is 17.3 Å². The average Bonchev–Trinajstić information content (AvgIpc) is 2.83. The number of aryl methyl sites for hydroxylation is 1. The number of rotatable bonds is 4. The molecule has 26 heavy (non-hydrogen) atoms. The second-order valence-electron chi connectivity index (χ2n) is 5.74. The minimum Gasteiger partial charge on any atom is -0.446 e. The van der Waals surface area contributed by atoms with Gasteiger partial charge < -0.3 is 10.1 Å². The molecule has 4 rings (SSSR count). The van der Waals surface area contributed by atoms with Crippen molar-refractivity contribution in [3.05, 3.63) is 66.5 Å². The number of para-hydroxylation sites is 1. The van der Waals surface area contributed by atoms with Crippen molar-refractivity contribution < 1.29 is 4.74 Å². The van der Waals surface area contributed by atoms with Crippen molar-refractivity contribution in [1.29, 1.82) is 0 Å². The second kappa shape index (κ2) is 7.13. The number of nitrogens with zero attached hydrogens (tertiary/aromatic N) is 4. The van der Waals surface area contributed by atoms with Gasteiger partial charge in [-0.1, -0.05) is 42.1 Å². The van der Waals surface area contributed by atoms with E-state index in [4.69, 9.17) is 4.74 Å². The zero-order valence-electron chi connectivity index (χ0n) is 14.2. The Morgan fingerprint density at radius 3 is 2.88 bits per heavy atom. The van der Waals surface area contributed by atoms with Crippen molar-refractivity contribution in [2.24, 2.45) is 0 Å². The highest BCUT2D eigenvalue weighted by molar-refractivity contribution is 7.99. The molecule has 0 amide bonds. The molecule has 1 aliphatic rings. The van der Waals surface area contributed by atoms with Crippen LogP contribution in [0.2, 0.25) is 0 Å². The molecule has 1 aromatic carbocycles. The maximum absolute atomic E-state index is 6.17. The average molecular weight is 363 g/mol. The van der Waals surface area contributed by atoms with Crippen molar-refractivity contribution in [1.82, 2.24) is 20.2 Å². The predicted octanol–water partition coefficient (Wildman–Crippen LogP) is 4.02. The zero-order chi connectivity index (χ0) is 17.9. The first kappa shape index (κ1) is 16.5. The molecule has 0 saturated carbocycles. The van der Waals surface area contributed by atoms with Crippen LogP contribution in [0.5, 0.6) is 5.88 Å². The van der Waals surface area contributed by atoms with Gasteiger partial charge in [0.05, 0.1) is 0 Å². The monoisotopic (exact) mass is 363 g/mol. The Bertz CT molecular complexity index is 962. The Morgan fingerprint density at radius 1 is 1.15 bits per heavy atom. The van der Waals surface area contributed by atoms with Crippen LogP contribution in [0, 0.1) is 6.92 Å². The smallest absolute Gasteiger partial charge is 0.247 e. The lowest BCUT2D eigenvalue weighted by molar-refractivity contribution is 0.220. The second-order valence-corrected chi connectivity index (χ2v) is 6.73. The first-order valence-corrected chi connectivity index (χ1v) is 9.18. The summed E-state index contributed by atoms with van der Waals surface area (Å²) in [6.45, 7) is 5.68. The zero-order valence-corrected chi connectivity index (χ0v) is 15.0. The number of hydrogen-bond acceptors (Lipinski definition) is 7. The Labute approximate surface area is 155 Å². The summed E-state index contributed by atoms with van der Waals surface area (Å²) in [5.41, 5.74) is 4.13. The molecule has 0 radical (unpaired) electrons. The number of thioether (sulfide) groups is 1. The third-order valence-corrected chi connectivity index (χ3v) is 4.68. The molecule has 0 aliphatic carbocycles. The van der Waals surface area contributed by atoms with Gasteiger partial charge in [0.25, 0.3) is 0 Å². The summed E-state index contributed by atoms with van der Waals surface area (Å²) >= 11 is 1.46. The fourth-order valence-corrected chi connectivity index (χ4v) is 3.20. The molecule has 3 heterocycles. The van der Waals surface area contributed by atoms with E-state index < -0.39 is 6.23 Å². The molecule has 0 saturated heterocycles. The number of anilines is 1. The van der Waals surface area contributed by atoms with Crippen LogP contribution < -0.4 is 10.1 Å². The maximum atomic E-state index is 6.17. The van der Waals surface area contributed by atoms with Gasteiger partial charge in [-0.15, -0.1) is 16.8 Å². The summed E-state index contributed by atoms with van der Waals surface area (Å²) in [7, 11) is 0. The molecule has 1 aliphatic heterocycles. The molecule has 0 unspecified atom stereocenters. The predicted molar refractivity (Wildman–Crippen MR) is 102 cm³/mol.